The molecule has 0 aromatic heterocycles. The molecule has 0 aliphatic rings. The second-order valence-corrected chi connectivity index (χ2v) is 12.4. The van der Waals surface area contributed by atoms with Crippen LogP contribution in [0.3, 0.4) is 0 Å². The van der Waals surface area contributed by atoms with Gasteiger partial charge in [-0.15, -0.1) is 0 Å². The Morgan fingerprint density at radius 3 is 0.750 bits per heavy atom. The van der Waals surface area contributed by atoms with Crippen LogP contribution in [0.4, 0.5) is 11.4 Å². The van der Waals surface area contributed by atoms with Crippen molar-refractivity contribution in [2.45, 2.75) is 24.4 Å². The normalized spacial score (nSPS) is 13.3. The van der Waals surface area contributed by atoms with Crippen molar-refractivity contribution < 1.29 is 39.4 Å². The highest BCUT2D eigenvalue weighted by Gasteiger charge is 2.21. The highest BCUT2D eigenvalue weighted by molar-refractivity contribution is 5.57. The first kappa shape index (κ1) is 38.0. The fourth-order valence-corrected chi connectivity index (χ4v) is 5.51. The van der Waals surface area contributed by atoms with Crippen molar-refractivity contribution in [3.8, 4) is 23.0 Å². The number of hydrogen-bond donors (Lipinski definition) is 4. The van der Waals surface area contributed by atoms with Crippen LogP contribution in [0.15, 0.2) is 146 Å². The van der Waals surface area contributed by atoms with Gasteiger partial charge in [0.05, 0.1) is 0 Å². The number of rotatable bonds is 22. The van der Waals surface area contributed by atoms with Crippen LogP contribution in [0.2, 0.25) is 0 Å². The molecule has 10 heteroatoms. The van der Waals surface area contributed by atoms with Crippen molar-refractivity contribution in [3.63, 3.8) is 0 Å². The van der Waals surface area contributed by atoms with Gasteiger partial charge < -0.3 is 49.2 Å². The van der Waals surface area contributed by atoms with E-state index in [1.165, 1.54) is 0 Å². The van der Waals surface area contributed by atoms with E-state index in [9.17, 15) is 20.4 Å². The van der Waals surface area contributed by atoms with Gasteiger partial charge in [-0.05, 0) is 72.8 Å². The van der Waals surface area contributed by atoms with Crippen LogP contribution in [0.25, 0.3) is 0 Å². The SMILES string of the molecule is OC(COc1ccccc1)CN(CC(O)COc1ccccc1)c1ccc(N(CC(O)COc2ccccc2)CC(O)COc2ccccc2)cc1. The average molecular weight is 709 g/mol. The molecule has 0 saturated carbocycles. The zero-order valence-electron chi connectivity index (χ0n) is 29.1. The fourth-order valence-electron chi connectivity index (χ4n) is 5.51. The highest BCUT2D eigenvalue weighted by Crippen LogP contribution is 2.23. The molecule has 5 rings (SSSR count). The predicted molar refractivity (Wildman–Crippen MR) is 203 cm³/mol. The van der Waals surface area contributed by atoms with Crippen LogP contribution < -0.4 is 28.7 Å². The minimum atomic E-state index is -0.863. The number of anilines is 2. The summed E-state index contributed by atoms with van der Waals surface area (Å²) in [7, 11) is 0. The molecule has 0 fully saturated rings. The molecule has 0 aliphatic heterocycles. The van der Waals surface area contributed by atoms with Crippen LogP contribution in [0.1, 0.15) is 0 Å². The topological polar surface area (TPSA) is 124 Å². The maximum atomic E-state index is 11.0. The van der Waals surface area contributed by atoms with Gasteiger partial charge in [-0.3, -0.25) is 0 Å². The Bertz CT molecular complexity index is 1440. The van der Waals surface area contributed by atoms with Crippen molar-refractivity contribution in [3.05, 3.63) is 146 Å². The Hall–Kier alpha value is -5.26. The summed E-state index contributed by atoms with van der Waals surface area (Å²) in [6, 6.07) is 44.7. The second-order valence-electron chi connectivity index (χ2n) is 12.4. The molecule has 0 saturated heterocycles. The van der Waals surface area contributed by atoms with E-state index in [2.05, 4.69) is 0 Å². The maximum Gasteiger partial charge on any atom is 0.119 e. The fraction of sp³-hybridized carbons (Fsp3) is 0.286. The van der Waals surface area contributed by atoms with E-state index in [0.717, 1.165) is 11.4 Å². The summed E-state index contributed by atoms with van der Waals surface area (Å²) in [5.74, 6) is 2.62. The van der Waals surface area contributed by atoms with Gasteiger partial charge in [-0.25, -0.2) is 0 Å². The molecular weight excluding hydrogens is 660 g/mol. The largest absolute Gasteiger partial charge is 0.491 e. The molecule has 274 valence electrons. The number of hydrogen-bond acceptors (Lipinski definition) is 10. The zero-order valence-corrected chi connectivity index (χ0v) is 29.1. The van der Waals surface area contributed by atoms with Crippen molar-refractivity contribution in [1.82, 2.24) is 0 Å². The Morgan fingerprint density at radius 2 is 0.538 bits per heavy atom. The third-order valence-corrected chi connectivity index (χ3v) is 8.05. The molecule has 10 nitrogen and oxygen atoms in total. The number of para-hydroxylation sites is 4. The highest BCUT2D eigenvalue weighted by atomic mass is 16.5. The Balaban J connectivity index is 1.28. The lowest BCUT2D eigenvalue weighted by Gasteiger charge is -2.32. The molecule has 0 aliphatic carbocycles. The number of ether oxygens (including phenoxy) is 4. The molecule has 5 aromatic carbocycles. The van der Waals surface area contributed by atoms with Gasteiger partial charge in [-0.2, -0.15) is 0 Å². The van der Waals surface area contributed by atoms with Gasteiger partial charge in [0.2, 0.25) is 0 Å². The zero-order chi connectivity index (χ0) is 36.4. The van der Waals surface area contributed by atoms with E-state index in [-0.39, 0.29) is 52.6 Å². The summed E-state index contributed by atoms with van der Waals surface area (Å²) < 4.78 is 23.2. The summed E-state index contributed by atoms with van der Waals surface area (Å²) in [4.78, 5) is 3.77. The number of benzene rings is 5. The Labute approximate surface area is 305 Å². The molecule has 0 bridgehead atoms. The van der Waals surface area contributed by atoms with Crippen LogP contribution >= 0.6 is 0 Å². The molecular formula is C42H48N2O8. The first-order valence-corrected chi connectivity index (χ1v) is 17.4. The average Bonchev–Trinajstić information content (AvgIpc) is 3.19. The minimum absolute atomic E-state index is 0.0644. The summed E-state index contributed by atoms with van der Waals surface area (Å²) >= 11 is 0. The van der Waals surface area contributed by atoms with Crippen LogP contribution in [-0.4, -0.2) is 97.4 Å². The van der Waals surface area contributed by atoms with E-state index < -0.39 is 24.4 Å². The molecule has 4 atom stereocenters. The third-order valence-electron chi connectivity index (χ3n) is 8.05. The molecule has 0 amide bonds. The number of nitrogens with zero attached hydrogens (tertiary/aromatic N) is 2. The summed E-state index contributed by atoms with van der Waals surface area (Å²) in [6.07, 6.45) is -3.45. The lowest BCUT2D eigenvalue weighted by atomic mass is 10.2. The second kappa shape index (κ2) is 20.6. The van der Waals surface area contributed by atoms with Crippen LogP contribution in [0, 0.1) is 0 Å². The van der Waals surface area contributed by atoms with Crippen molar-refractivity contribution in [1.29, 1.82) is 0 Å². The lowest BCUT2D eigenvalue weighted by Crippen LogP contribution is -2.42. The predicted octanol–water partition coefficient (Wildman–Crippen LogP) is 5.06. The monoisotopic (exact) mass is 708 g/mol. The van der Waals surface area contributed by atoms with Crippen molar-refractivity contribution in [2.24, 2.45) is 0 Å². The molecule has 5 aromatic rings. The van der Waals surface area contributed by atoms with Gasteiger partial charge in [0.1, 0.15) is 73.8 Å². The third kappa shape index (κ3) is 13.1. The van der Waals surface area contributed by atoms with Crippen LogP contribution in [-0.2, 0) is 0 Å². The minimum Gasteiger partial charge on any atom is -0.491 e. The Morgan fingerprint density at radius 1 is 0.327 bits per heavy atom. The quantitative estimate of drug-likeness (QED) is 0.0776. The van der Waals surface area contributed by atoms with E-state index in [1.807, 2.05) is 155 Å². The molecule has 0 spiro atoms. The smallest absolute Gasteiger partial charge is 0.119 e. The van der Waals surface area contributed by atoms with Crippen molar-refractivity contribution >= 4 is 11.4 Å². The van der Waals surface area contributed by atoms with Gasteiger partial charge in [0.15, 0.2) is 0 Å². The van der Waals surface area contributed by atoms with Gasteiger partial charge in [0.25, 0.3) is 0 Å². The molecule has 4 unspecified atom stereocenters. The molecule has 52 heavy (non-hydrogen) atoms. The van der Waals surface area contributed by atoms with Crippen molar-refractivity contribution in [2.75, 3.05) is 62.4 Å². The van der Waals surface area contributed by atoms with E-state index in [4.69, 9.17) is 18.9 Å². The molecule has 4 N–H and O–H groups in total. The lowest BCUT2D eigenvalue weighted by molar-refractivity contribution is 0.0950. The summed E-state index contributed by atoms with van der Waals surface area (Å²) in [5.41, 5.74) is 1.50. The first-order valence-electron chi connectivity index (χ1n) is 17.4. The van der Waals surface area contributed by atoms with Crippen LogP contribution in [0.5, 0.6) is 23.0 Å². The van der Waals surface area contributed by atoms with E-state index in [1.54, 1.807) is 0 Å². The van der Waals surface area contributed by atoms with E-state index in [0.29, 0.717) is 23.0 Å². The Kier molecular flexibility index (Phi) is 15.0. The summed E-state index contributed by atoms with van der Waals surface area (Å²) in [5, 5.41) is 44.0. The van der Waals surface area contributed by atoms with Gasteiger partial charge in [-0.1, -0.05) is 72.8 Å². The van der Waals surface area contributed by atoms with Gasteiger partial charge >= 0.3 is 0 Å². The first-order chi connectivity index (χ1) is 25.4. The number of aliphatic hydroxyl groups excluding tert-OH is 4. The standard InChI is InChI=1S/C42H48N2O8/c45-35(29-49-39-13-5-1-6-14-39)25-43(26-36(46)30-50-40-15-7-2-8-16-40)33-21-23-34(24-22-33)44(27-37(47)31-51-41-17-9-3-10-18-41)28-38(48)32-52-42-19-11-4-12-20-42/h1-24,35-38,45-48H,25-32H2. The summed E-state index contributed by atoms with van der Waals surface area (Å²) in [6.45, 7) is 0.993. The van der Waals surface area contributed by atoms with E-state index >= 15 is 0 Å². The maximum absolute atomic E-state index is 11.0. The molecule has 0 heterocycles. The number of aliphatic hydroxyl groups is 4. The van der Waals surface area contributed by atoms with Gasteiger partial charge in [0, 0.05) is 37.6 Å². The molecule has 0 radical (unpaired) electrons.